The number of hydrogen-bond donors (Lipinski definition) is 0. The first kappa shape index (κ1) is 21.6. The summed E-state index contributed by atoms with van der Waals surface area (Å²) in [4.78, 5) is 18.6. The van der Waals surface area contributed by atoms with Gasteiger partial charge in [-0.15, -0.1) is 0 Å². The van der Waals surface area contributed by atoms with Crippen LogP contribution in [0.2, 0.25) is 0 Å². The lowest BCUT2D eigenvalue weighted by Gasteiger charge is -2.29. The maximum Gasteiger partial charge on any atom is 0.265 e. The molecule has 2 aliphatic heterocycles. The second-order valence-electron chi connectivity index (χ2n) is 8.36. The molecular weight excluding hydrogens is 444 g/mol. The van der Waals surface area contributed by atoms with Crippen LogP contribution >= 0.6 is 0 Å². The predicted molar refractivity (Wildman–Crippen MR) is 120 cm³/mol. The fraction of sp³-hybridized carbons (Fsp3) is 0.348. The summed E-state index contributed by atoms with van der Waals surface area (Å²) in [6.45, 7) is 3.30. The third kappa shape index (κ3) is 4.23. The number of rotatable bonds is 5. The number of piperidine rings is 1. The van der Waals surface area contributed by atoms with E-state index in [0.717, 1.165) is 12.8 Å². The van der Waals surface area contributed by atoms with Crippen LogP contribution in [-0.2, 0) is 21.4 Å². The van der Waals surface area contributed by atoms with Gasteiger partial charge in [-0.05, 0) is 55.2 Å². The van der Waals surface area contributed by atoms with Crippen molar-refractivity contribution in [2.75, 3.05) is 24.6 Å². The van der Waals surface area contributed by atoms with Crippen molar-refractivity contribution >= 4 is 21.6 Å². The van der Waals surface area contributed by atoms with Crippen LogP contribution in [0.25, 0.3) is 11.4 Å². The van der Waals surface area contributed by atoms with Gasteiger partial charge in [0.15, 0.2) is 6.61 Å². The van der Waals surface area contributed by atoms with E-state index in [0.29, 0.717) is 41.8 Å². The fourth-order valence-electron chi connectivity index (χ4n) is 4.05. The van der Waals surface area contributed by atoms with Crippen LogP contribution < -0.4 is 9.64 Å². The number of amides is 1. The van der Waals surface area contributed by atoms with Crippen LogP contribution in [-0.4, -0.2) is 48.5 Å². The Labute approximate surface area is 192 Å². The van der Waals surface area contributed by atoms with Gasteiger partial charge in [-0.2, -0.15) is 9.29 Å². The van der Waals surface area contributed by atoms with Crippen molar-refractivity contribution in [1.29, 1.82) is 0 Å². The minimum absolute atomic E-state index is 0.0517. The average Bonchev–Trinajstić information content (AvgIpc) is 3.30. The van der Waals surface area contributed by atoms with Gasteiger partial charge in [-0.1, -0.05) is 24.2 Å². The van der Waals surface area contributed by atoms with Gasteiger partial charge in [0.05, 0.1) is 10.6 Å². The zero-order chi connectivity index (χ0) is 23.0. The van der Waals surface area contributed by atoms with Crippen LogP contribution in [0.1, 0.15) is 25.7 Å². The molecule has 10 heteroatoms. The Bertz CT molecular complexity index is 1260. The third-order valence-corrected chi connectivity index (χ3v) is 7.98. The van der Waals surface area contributed by atoms with E-state index in [4.69, 9.17) is 9.26 Å². The van der Waals surface area contributed by atoms with Gasteiger partial charge in [0.2, 0.25) is 21.7 Å². The smallest absolute Gasteiger partial charge is 0.265 e. The quantitative estimate of drug-likeness (QED) is 0.566. The van der Waals surface area contributed by atoms with Gasteiger partial charge in [-0.3, -0.25) is 9.69 Å². The molecule has 2 aliphatic rings. The number of hydrogen-bond acceptors (Lipinski definition) is 7. The van der Waals surface area contributed by atoms with Crippen molar-refractivity contribution in [3.63, 3.8) is 0 Å². The Morgan fingerprint density at radius 3 is 2.55 bits per heavy atom. The molecule has 1 amide bonds. The Morgan fingerprint density at radius 2 is 1.79 bits per heavy atom. The molecule has 0 atom stereocenters. The van der Waals surface area contributed by atoms with Gasteiger partial charge in [0.25, 0.3) is 5.91 Å². The normalized spacial score (nSPS) is 17.6. The van der Waals surface area contributed by atoms with Crippen molar-refractivity contribution in [3.8, 4) is 17.1 Å². The number of aromatic nitrogens is 2. The molecule has 0 saturated carbocycles. The Morgan fingerprint density at radius 1 is 1.06 bits per heavy atom. The number of anilines is 1. The van der Waals surface area contributed by atoms with Crippen LogP contribution in [0, 0.1) is 5.92 Å². The van der Waals surface area contributed by atoms with E-state index in [-0.39, 0.29) is 29.8 Å². The number of nitrogens with zero attached hydrogens (tertiary/aromatic N) is 4. The van der Waals surface area contributed by atoms with Crippen molar-refractivity contribution in [1.82, 2.24) is 14.4 Å². The summed E-state index contributed by atoms with van der Waals surface area (Å²) in [5.74, 6) is 1.57. The Balaban J connectivity index is 1.32. The van der Waals surface area contributed by atoms with Crippen LogP contribution in [0.5, 0.6) is 5.75 Å². The molecule has 0 bridgehead atoms. The van der Waals surface area contributed by atoms with Gasteiger partial charge in [0.1, 0.15) is 12.3 Å². The SMILES string of the molecule is CC1CCN(S(=O)(=O)c2ccc(-c3noc(CN4C(=O)COc5ccccc54)n3)cc2)CC1. The lowest BCUT2D eigenvalue weighted by atomic mass is 10.0. The molecule has 0 unspecified atom stereocenters. The van der Waals surface area contributed by atoms with E-state index in [1.54, 1.807) is 45.6 Å². The molecular formula is C23H24N4O5S. The molecule has 9 nitrogen and oxygen atoms in total. The summed E-state index contributed by atoms with van der Waals surface area (Å²) in [6, 6.07) is 13.7. The van der Waals surface area contributed by atoms with Crippen molar-refractivity contribution in [3.05, 3.63) is 54.4 Å². The van der Waals surface area contributed by atoms with Crippen molar-refractivity contribution in [2.45, 2.75) is 31.2 Å². The highest BCUT2D eigenvalue weighted by atomic mass is 32.2. The molecule has 1 saturated heterocycles. The van der Waals surface area contributed by atoms with E-state index in [1.807, 2.05) is 12.1 Å². The lowest BCUT2D eigenvalue weighted by molar-refractivity contribution is -0.121. The first-order chi connectivity index (χ1) is 15.9. The minimum Gasteiger partial charge on any atom is -0.482 e. The summed E-state index contributed by atoms with van der Waals surface area (Å²) in [7, 11) is -3.52. The largest absolute Gasteiger partial charge is 0.482 e. The van der Waals surface area contributed by atoms with Crippen LogP contribution in [0.15, 0.2) is 57.9 Å². The third-order valence-electron chi connectivity index (χ3n) is 6.06. The van der Waals surface area contributed by atoms with Crippen LogP contribution in [0.4, 0.5) is 5.69 Å². The van der Waals surface area contributed by atoms with Gasteiger partial charge >= 0.3 is 0 Å². The Hall–Kier alpha value is -3.24. The monoisotopic (exact) mass is 468 g/mol. The average molecular weight is 469 g/mol. The van der Waals surface area contributed by atoms with Gasteiger partial charge in [-0.25, -0.2) is 8.42 Å². The summed E-state index contributed by atoms with van der Waals surface area (Å²) < 4.78 is 38.2. The number of carbonyl (C=O) groups is 1. The first-order valence-corrected chi connectivity index (χ1v) is 12.3. The number of benzene rings is 2. The lowest BCUT2D eigenvalue weighted by Crippen LogP contribution is -2.38. The molecule has 0 radical (unpaired) electrons. The van der Waals surface area contributed by atoms with Gasteiger partial charge in [0, 0.05) is 18.7 Å². The number of sulfonamides is 1. The summed E-state index contributed by atoms with van der Waals surface area (Å²) in [5.41, 5.74) is 1.28. The second-order valence-corrected chi connectivity index (χ2v) is 10.3. The number of carbonyl (C=O) groups excluding carboxylic acids is 1. The molecule has 5 rings (SSSR count). The number of para-hydroxylation sites is 2. The molecule has 0 spiro atoms. The molecule has 1 fully saturated rings. The molecule has 33 heavy (non-hydrogen) atoms. The minimum atomic E-state index is -3.52. The topological polar surface area (TPSA) is 106 Å². The fourth-order valence-corrected chi connectivity index (χ4v) is 5.52. The summed E-state index contributed by atoms with van der Waals surface area (Å²) in [5, 5.41) is 4.01. The van der Waals surface area contributed by atoms with Crippen molar-refractivity contribution in [2.24, 2.45) is 5.92 Å². The molecule has 3 aromatic rings. The molecule has 3 heterocycles. The van der Waals surface area contributed by atoms with E-state index < -0.39 is 10.0 Å². The number of fused-ring (bicyclic) bond motifs is 1. The molecule has 1 aromatic heterocycles. The predicted octanol–water partition coefficient (Wildman–Crippen LogP) is 3.08. The summed E-state index contributed by atoms with van der Waals surface area (Å²) >= 11 is 0. The molecule has 0 aliphatic carbocycles. The van der Waals surface area contributed by atoms with E-state index in [2.05, 4.69) is 17.1 Å². The molecule has 2 aromatic carbocycles. The molecule has 172 valence electrons. The number of ether oxygens (including phenoxy) is 1. The first-order valence-electron chi connectivity index (χ1n) is 10.9. The molecule has 0 N–H and O–H groups in total. The highest BCUT2D eigenvalue weighted by molar-refractivity contribution is 7.89. The highest BCUT2D eigenvalue weighted by Crippen LogP contribution is 2.32. The maximum absolute atomic E-state index is 12.9. The van der Waals surface area contributed by atoms with E-state index >= 15 is 0 Å². The van der Waals surface area contributed by atoms with E-state index in [9.17, 15) is 13.2 Å². The standard InChI is InChI=1S/C23H24N4O5S/c1-16-10-12-26(13-11-16)33(29,30)18-8-6-17(7-9-18)23-24-21(32-25-23)14-27-19-4-2-3-5-20(19)31-15-22(27)28/h2-9,16H,10-15H2,1H3. The highest BCUT2D eigenvalue weighted by Gasteiger charge is 2.29. The van der Waals surface area contributed by atoms with Gasteiger partial charge < -0.3 is 9.26 Å². The zero-order valence-electron chi connectivity index (χ0n) is 18.2. The zero-order valence-corrected chi connectivity index (χ0v) is 19.0. The second kappa shape index (κ2) is 8.60. The Kier molecular flexibility index (Phi) is 5.63. The maximum atomic E-state index is 12.9. The summed E-state index contributed by atoms with van der Waals surface area (Å²) in [6.07, 6.45) is 1.75. The van der Waals surface area contributed by atoms with E-state index in [1.165, 1.54) is 0 Å². The van der Waals surface area contributed by atoms with Crippen LogP contribution in [0.3, 0.4) is 0 Å². The van der Waals surface area contributed by atoms with Crippen molar-refractivity contribution < 1.29 is 22.5 Å².